The Morgan fingerprint density at radius 3 is 2.82 bits per heavy atom. The van der Waals surface area contributed by atoms with Crippen LogP contribution in [-0.2, 0) is 11.2 Å². The molecule has 5 rings (SSSR count). The van der Waals surface area contributed by atoms with Crippen LogP contribution < -0.4 is 19.7 Å². The van der Waals surface area contributed by atoms with Gasteiger partial charge in [-0.05, 0) is 24.1 Å². The highest BCUT2D eigenvalue weighted by atomic mass is 16.5. The number of carbonyl (C=O) groups excluding carboxylic acids is 1. The number of amides is 1. The van der Waals surface area contributed by atoms with Crippen molar-refractivity contribution >= 4 is 17.4 Å². The number of benzene rings is 1. The highest BCUT2D eigenvalue weighted by molar-refractivity contribution is 5.95. The van der Waals surface area contributed by atoms with E-state index in [4.69, 9.17) is 9.47 Å². The van der Waals surface area contributed by atoms with E-state index in [1.807, 2.05) is 6.07 Å². The van der Waals surface area contributed by atoms with E-state index in [0.29, 0.717) is 17.5 Å². The number of rotatable bonds is 3. The van der Waals surface area contributed by atoms with E-state index in [9.17, 15) is 4.79 Å². The molecule has 1 aromatic carbocycles. The third-order valence-electron chi connectivity index (χ3n) is 5.87. The Morgan fingerprint density at radius 1 is 1.11 bits per heavy atom. The molecule has 1 fully saturated rings. The molecule has 1 atom stereocenters. The summed E-state index contributed by atoms with van der Waals surface area (Å²) in [7, 11) is 0. The first-order chi connectivity index (χ1) is 13.7. The summed E-state index contributed by atoms with van der Waals surface area (Å²) in [5.74, 6) is 2.50. The Hall–Kier alpha value is -2.80. The normalized spacial score (nSPS) is 19.9. The molecule has 0 saturated carbocycles. The van der Waals surface area contributed by atoms with Crippen molar-refractivity contribution in [3.63, 3.8) is 0 Å². The van der Waals surface area contributed by atoms with Gasteiger partial charge in [0.25, 0.3) is 5.91 Å². The first kappa shape index (κ1) is 17.3. The number of piperazine rings is 1. The topological polar surface area (TPSA) is 66.9 Å². The largest absolute Gasteiger partial charge is 0.493 e. The van der Waals surface area contributed by atoms with Crippen LogP contribution in [-0.4, -0.2) is 55.2 Å². The molecule has 1 amide bonds. The van der Waals surface area contributed by atoms with E-state index < -0.39 is 0 Å². The summed E-state index contributed by atoms with van der Waals surface area (Å²) in [6, 6.07) is 8.93. The molecule has 7 nitrogen and oxygen atoms in total. The summed E-state index contributed by atoms with van der Waals surface area (Å²) >= 11 is 0. The minimum absolute atomic E-state index is 0.0617. The maximum absolute atomic E-state index is 11.4. The number of carbonyl (C=O) groups is 1. The molecule has 3 aliphatic rings. The fourth-order valence-corrected chi connectivity index (χ4v) is 4.13. The third kappa shape index (κ3) is 3.16. The molecule has 3 aliphatic heterocycles. The molecule has 1 aromatic heterocycles. The quantitative estimate of drug-likeness (QED) is 0.881. The Labute approximate surface area is 164 Å². The number of pyridine rings is 1. The van der Waals surface area contributed by atoms with Crippen molar-refractivity contribution < 1.29 is 14.3 Å². The maximum Gasteiger partial charge on any atom is 0.262 e. The average Bonchev–Trinajstić information content (AvgIpc) is 3.21. The van der Waals surface area contributed by atoms with Crippen LogP contribution in [0.4, 0.5) is 11.5 Å². The van der Waals surface area contributed by atoms with E-state index in [-0.39, 0.29) is 12.5 Å². The summed E-state index contributed by atoms with van der Waals surface area (Å²) in [5, 5.41) is 2.78. The fraction of sp³-hybridized carbons (Fsp3) is 0.429. The molecule has 28 heavy (non-hydrogen) atoms. The monoisotopic (exact) mass is 380 g/mol. The lowest BCUT2D eigenvalue weighted by Gasteiger charge is -2.39. The number of hydrogen-bond donors (Lipinski definition) is 1. The summed E-state index contributed by atoms with van der Waals surface area (Å²) in [5.41, 5.74) is 3.27. The van der Waals surface area contributed by atoms with Crippen LogP contribution >= 0.6 is 0 Å². The smallest absolute Gasteiger partial charge is 0.262 e. The summed E-state index contributed by atoms with van der Waals surface area (Å²) in [6.45, 7) is 6.87. The third-order valence-corrected chi connectivity index (χ3v) is 5.87. The van der Waals surface area contributed by atoms with Crippen LogP contribution in [0.25, 0.3) is 0 Å². The van der Waals surface area contributed by atoms with Gasteiger partial charge in [0.1, 0.15) is 23.0 Å². The van der Waals surface area contributed by atoms with E-state index in [1.165, 1.54) is 11.1 Å². The number of hydrogen-bond acceptors (Lipinski definition) is 6. The van der Waals surface area contributed by atoms with Gasteiger partial charge in [-0.25, -0.2) is 4.98 Å². The summed E-state index contributed by atoms with van der Waals surface area (Å²) in [6.07, 6.45) is 2.70. The average molecular weight is 380 g/mol. The van der Waals surface area contributed by atoms with Crippen molar-refractivity contribution in [3.05, 3.63) is 41.6 Å². The van der Waals surface area contributed by atoms with Crippen LogP contribution in [0.1, 0.15) is 24.1 Å². The van der Waals surface area contributed by atoms with Gasteiger partial charge in [-0.2, -0.15) is 0 Å². The van der Waals surface area contributed by atoms with Gasteiger partial charge in [0.15, 0.2) is 6.61 Å². The number of fused-ring (bicyclic) bond motifs is 2. The van der Waals surface area contributed by atoms with E-state index in [0.717, 1.165) is 50.8 Å². The minimum Gasteiger partial charge on any atom is -0.493 e. The van der Waals surface area contributed by atoms with Gasteiger partial charge in [0.05, 0.1) is 12.8 Å². The Morgan fingerprint density at radius 2 is 1.96 bits per heavy atom. The van der Waals surface area contributed by atoms with Gasteiger partial charge < -0.3 is 19.7 Å². The van der Waals surface area contributed by atoms with Crippen LogP contribution in [0.5, 0.6) is 11.5 Å². The maximum atomic E-state index is 11.4. The molecule has 1 saturated heterocycles. The van der Waals surface area contributed by atoms with Crippen LogP contribution in [0, 0.1) is 0 Å². The van der Waals surface area contributed by atoms with E-state index in [2.05, 4.69) is 45.2 Å². The SMILES string of the molecule is CC(c1ccc2c(c1)OCC2)N1CCN(c2cc3c(cn2)NC(=O)CO3)CC1. The summed E-state index contributed by atoms with van der Waals surface area (Å²) < 4.78 is 11.3. The molecule has 7 heteroatoms. The van der Waals surface area contributed by atoms with Gasteiger partial charge in [-0.3, -0.25) is 9.69 Å². The zero-order valence-electron chi connectivity index (χ0n) is 16.0. The zero-order valence-corrected chi connectivity index (χ0v) is 16.0. The van der Waals surface area contributed by atoms with Gasteiger partial charge in [0.2, 0.25) is 0 Å². The van der Waals surface area contributed by atoms with Crippen molar-refractivity contribution in [2.45, 2.75) is 19.4 Å². The van der Waals surface area contributed by atoms with E-state index in [1.54, 1.807) is 6.20 Å². The molecule has 1 N–H and O–H groups in total. The number of aromatic nitrogens is 1. The van der Waals surface area contributed by atoms with Crippen LogP contribution in [0.3, 0.4) is 0 Å². The second kappa shape index (κ2) is 6.98. The Bertz CT molecular complexity index is 909. The Balaban J connectivity index is 1.24. The highest BCUT2D eigenvalue weighted by Gasteiger charge is 2.25. The first-order valence-corrected chi connectivity index (χ1v) is 9.85. The lowest BCUT2D eigenvalue weighted by Crippen LogP contribution is -2.47. The molecular weight excluding hydrogens is 356 g/mol. The van der Waals surface area contributed by atoms with Crippen LogP contribution in [0.2, 0.25) is 0 Å². The number of anilines is 2. The lowest BCUT2D eigenvalue weighted by molar-refractivity contribution is -0.118. The predicted octanol–water partition coefficient (Wildman–Crippen LogP) is 2.23. The first-order valence-electron chi connectivity index (χ1n) is 9.85. The van der Waals surface area contributed by atoms with Gasteiger partial charge >= 0.3 is 0 Å². The minimum atomic E-state index is -0.137. The molecule has 2 aromatic rings. The van der Waals surface area contributed by atoms with Gasteiger partial charge in [-0.15, -0.1) is 0 Å². The van der Waals surface area contributed by atoms with Gasteiger partial charge in [0, 0.05) is 44.7 Å². The van der Waals surface area contributed by atoms with Crippen molar-refractivity contribution in [1.82, 2.24) is 9.88 Å². The number of ether oxygens (including phenoxy) is 2. The standard InChI is InChI=1S/C21H24N4O3/c1-14(16-3-2-15-4-9-27-18(15)10-16)24-5-7-25(8-6-24)20-11-19-17(12-22-20)23-21(26)13-28-19/h2-3,10-12,14H,4-9,13H2,1H3,(H,23,26). The molecule has 4 heterocycles. The molecule has 0 radical (unpaired) electrons. The summed E-state index contributed by atoms with van der Waals surface area (Å²) in [4.78, 5) is 20.7. The second-order valence-corrected chi connectivity index (χ2v) is 7.54. The molecule has 0 bridgehead atoms. The van der Waals surface area contributed by atoms with E-state index >= 15 is 0 Å². The van der Waals surface area contributed by atoms with Crippen molar-refractivity contribution in [2.75, 3.05) is 49.6 Å². The zero-order chi connectivity index (χ0) is 19.1. The molecular formula is C21H24N4O3. The second-order valence-electron chi connectivity index (χ2n) is 7.54. The molecule has 1 unspecified atom stereocenters. The van der Waals surface area contributed by atoms with Crippen molar-refractivity contribution in [3.8, 4) is 11.5 Å². The van der Waals surface area contributed by atoms with Crippen molar-refractivity contribution in [1.29, 1.82) is 0 Å². The molecule has 0 aliphatic carbocycles. The van der Waals surface area contributed by atoms with Crippen molar-refractivity contribution in [2.24, 2.45) is 0 Å². The van der Waals surface area contributed by atoms with Crippen LogP contribution in [0.15, 0.2) is 30.5 Å². The molecule has 146 valence electrons. The highest BCUT2D eigenvalue weighted by Crippen LogP contribution is 2.33. The molecule has 0 spiro atoms. The lowest BCUT2D eigenvalue weighted by atomic mass is 10.0. The Kier molecular flexibility index (Phi) is 4.31. The number of nitrogens with zero attached hydrogens (tertiary/aromatic N) is 3. The predicted molar refractivity (Wildman–Crippen MR) is 106 cm³/mol. The number of nitrogens with one attached hydrogen (secondary N) is 1. The van der Waals surface area contributed by atoms with Gasteiger partial charge in [-0.1, -0.05) is 12.1 Å². The fourth-order valence-electron chi connectivity index (χ4n) is 4.13.